The van der Waals surface area contributed by atoms with E-state index >= 15 is 0 Å². The van der Waals surface area contributed by atoms with Crippen molar-refractivity contribution in [3.05, 3.63) is 65.7 Å². The first kappa shape index (κ1) is 16.8. The topological polar surface area (TPSA) is 85.6 Å². The minimum absolute atomic E-state index is 0.154. The van der Waals surface area contributed by atoms with Crippen molar-refractivity contribution in [2.24, 2.45) is 5.92 Å². The molecule has 0 bridgehead atoms. The number of amides is 1. The molecule has 7 nitrogen and oxygen atoms in total. The van der Waals surface area contributed by atoms with Gasteiger partial charge in [-0.05, 0) is 53.1 Å². The molecule has 3 rings (SSSR count). The Labute approximate surface area is 146 Å². The Morgan fingerprint density at radius 1 is 1.20 bits per heavy atom. The Morgan fingerprint density at radius 2 is 2.04 bits per heavy atom. The minimum Gasteiger partial charge on any atom is -0.343 e. The number of rotatable bonds is 5. The summed E-state index contributed by atoms with van der Waals surface area (Å²) in [4.78, 5) is 17.2. The fraction of sp³-hybridized carbons (Fsp3) is 0.278. The number of tetrazole rings is 1. The van der Waals surface area contributed by atoms with Gasteiger partial charge in [-0.3, -0.25) is 9.78 Å². The lowest BCUT2D eigenvalue weighted by atomic mass is 9.97. The van der Waals surface area contributed by atoms with E-state index < -0.39 is 0 Å². The van der Waals surface area contributed by atoms with Crippen LogP contribution in [-0.2, 0) is 0 Å². The van der Waals surface area contributed by atoms with Crippen molar-refractivity contribution in [2.75, 3.05) is 0 Å². The zero-order chi connectivity index (χ0) is 17.8. The molecule has 0 spiro atoms. The average molecular weight is 336 g/mol. The maximum Gasteiger partial charge on any atom is 0.251 e. The van der Waals surface area contributed by atoms with Gasteiger partial charge in [-0.1, -0.05) is 26.0 Å². The predicted octanol–water partition coefficient (Wildman–Crippen LogP) is 2.49. The Kier molecular flexibility index (Phi) is 4.83. The molecule has 128 valence electrons. The molecule has 3 aromatic rings. The lowest BCUT2D eigenvalue weighted by Crippen LogP contribution is -2.32. The van der Waals surface area contributed by atoms with Crippen LogP contribution in [0.3, 0.4) is 0 Å². The van der Waals surface area contributed by atoms with Crippen LogP contribution in [0, 0.1) is 12.8 Å². The molecule has 1 atom stereocenters. The number of benzene rings is 1. The van der Waals surface area contributed by atoms with Crippen LogP contribution in [0.15, 0.2) is 48.9 Å². The molecule has 7 heteroatoms. The molecule has 0 saturated heterocycles. The number of aromatic nitrogens is 5. The van der Waals surface area contributed by atoms with Crippen molar-refractivity contribution in [2.45, 2.75) is 26.8 Å². The number of carbonyl (C=O) groups excluding carboxylic acids is 1. The number of hydrogen-bond donors (Lipinski definition) is 1. The number of aryl methyl sites for hydroxylation is 1. The maximum absolute atomic E-state index is 12.8. The summed E-state index contributed by atoms with van der Waals surface area (Å²) in [6, 6.07) is 10.9. The molecule has 25 heavy (non-hydrogen) atoms. The van der Waals surface area contributed by atoms with Gasteiger partial charge >= 0.3 is 0 Å². The average Bonchev–Trinajstić information content (AvgIpc) is 3.15. The monoisotopic (exact) mass is 336 g/mol. The van der Waals surface area contributed by atoms with Gasteiger partial charge in [0, 0.05) is 11.8 Å². The van der Waals surface area contributed by atoms with Gasteiger partial charge in [0.05, 0.1) is 17.4 Å². The highest BCUT2D eigenvalue weighted by Gasteiger charge is 2.22. The van der Waals surface area contributed by atoms with Gasteiger partial charge < -0.3 is 5.32 Å². The first-order chi connectivity index (χ1) is 12.1. The largest absolute Gasteiger partial charge is 0.343 e. The van der Waals surface area contributed by atoms with E-state index in [1.807, 2.05) is 31.2 Å². The van der Waals surface area contributed by atoms with Crippen molar-refractivity contribution in [3.8, 4) is 5.69 Å². The molecule has 0 unspecified atom stereocenters. The second-order valence-corrected chi connectivity index (χ2v) is 6.21. The van der Waals surface area contributed by atoms with Crippen molar-refractivity contribution >= 4 is 5.91 Å². The molecule has 1 amide bonds. The highest BCUT2D eigenvalue weighted by molar-refractivity contribution is 5.95. The van der Waals surface area contributed by atoms with Crippen LogP contribution in [0.25, 0.3) is 5.69 Å². The van der Waals surface area contributed by atoms with Crippen molar-refractivity contribution in [3.63, 3.8) is 0 Å². The Morgan fingerprint density at radius 3 is 2.72 bits per heavy atom. The number of nitrogens with one attached hydrogen (secondary N) is 1. The fourth-order valence-corrected chi connectivity index (χ4v) is 2.67. The van der Waals surface area contributed by atoms with Gasteiger partial charge in [0.1, 0.15) is 6.33 Å². The lowest BCUT2D eigenvalue weighted by Gasteiger charge is -2.23. The zero-order valence-corrected chi connectivity index (χ0v) is 14.4. The van der Waals surface area contributed by atoms with Crippen LogP contribution in [0.4, 0.5) is 0 Å². The van der Waals surface area contributed by atoms with Gasteiger partial charge in [0.15, 0.2) is 0 Å². The quantitative estimate of drug-likeness (QED) is 0.773. The zero-order valence-electron chi connectivity index (χ0n) is 14.4. The molecular formula is C18H20N6O. The number of nitrogens with zero attached hydrogens (tertiary/aromatic N) is 5. The normalized spacial score (nSPS) is 12.2. The number of pyridine rings is 1. The molecule has 2 heterocycles. The molecular weight excluding hydrogens is 316 g/mol. The maximum atomic E-state index is 12.8. The summed E-state index contributed by atoms with van der Waals surface area (Å²) in [6.07, 6.45) is 3.24. The van der Waals surface area contributed by atoms with Gasteiger partial charge in [0.25, 0.3) is 5.91 Å². The first-order valence-electron chi connectivity index (χ1n) is 8.12. The van der Waals surface area contributed by atoms with E-state index in [9.17, 15) is 4.79 Å². The Bertz CT molecular complexity index is 860. The Balaban J connectivity index is 1.85. The molecule has 2 aromatic heterocycles. The van der Waals surface area contributed by atoms with Crippen LogP contribution in [0.5, 0.6) is 0 Å². The third-order valence-corrected chi connectivity index (χ3v) is 4.02. The van der Waals surface area contributed by atoms with Crippen molar-refractivity contribution < 1.29 is 4.79 Å². The molecule has 0 saturated carbocycles. The fourth-order valence-electron chi connectivity index (χ4n) is 2.67. The highest BCUT2D eigenvalue weighted by atomic mass is 16.1. The summed E-state index contributed by atoms with van der Waals surface area (Å²) in [5, 5.41) is 14.2. The van der Waals surface area contributed by atoms with Crippen LogP contribution < -0.4 is 5.32 Å². The van der Waals surface area contributed by atoms with Crippen molar-refractivity contribution in [1.82, 2.24) is 30.5 Å². The molecule has 1 aromatic carbocycles. The molecule has 0 aliphatic heterocycles. The van der Waals surface area contributed by atoms with E-state index in [4.69, 9.17) is 0 Å². The highest BCUT2D eigenvalue weighted by Crippen LogP contribution is 2.23. The molecule has 0 fully saturated rings. The van der Waals surface area contributed by atoms with Crippen LogP contribution in [0.1, 0.15) is 41.5 Å². The van der Waals surface area contributed by atoms with E-state index in [2.05, 4.69) is 39.7 Å². The third-order valence-electron chi connectivity index (χ3n) is 4.02. The molecule has 0 aliphatic carbocycles. The summed E-state index contributed by atoms with van der Waals surface area (Å²) >= 11 is 0. The molecule has 0 aliphatic rings. The smallest absolute Gasteiger partial charge is 0.251 e. The minimum atomic E-state index is -0.162. The summed E-state index contributed by atoms with van der Waals surface area (Å²) in [6.45, 7) is 6.13. The van der Waals surface area contributed by atoms with Gasteiger partial charge in [-0.2, -0.15) is 0 Å². The number of hydrogen-bond acceptors (Lipinski definition) is 5. The van der Waals surface area contributed by atoms with Gasteiger partial charge in [-0.15, -0.1) is 5.10 Å². The lowest BCUT2D eigenvalue weighted by molar-refractivity contribution is 0.0924. The molecule has 1 N–H and O–H groups in total. The Hall–Kier alpha value is -3.09. The van der Waals surface area contributed by atoms with E-state index in [-0.39, 0.29) is 17.9 Å². The van der Waals surface area contributed by atoms with E-state index in [1.165, 1.54) is 11.0 Å². The third kappa shape index (κ3) is 3.71. The standard InChI is InChI=1S/C18H20N6O/c1-12(2)16(17-13(3)6-5-9-19-17)21-18(25)14-7-4-8-15(10-14)24-11-20-22-23-24/h4-12,16H,1-3H3,(H,21,25)/t16-/m1/s1. The first-order valence-corrected chi connectivity index (χ1v) is 8.12. The summed E-state index contributed by atoms with van der Waals surface area (Å²) in [5.74, 6) is 0.0546. The summed E-state index contributed by atoms with van der Waals surface area (Å²) < 4.78 is 1.51. The van der Waals surface area contributed by atoms with Gasteiger partial charge in [0.2, 0.25) is 0 Å². The summed E-state index contributed by atoms with van der Waals surface area (Å²) in [7, 11) is 0. The van der Waals surface area contributed by atoms with Crippen LogP contribution in [0.2, 0.25) is 0 Å². The second kappa shape index (κ2) is 7.21. The molecule has 0 radical (unpaired) electrons. The van der Waals surface area contributed by atoms with Crippen LogP contribution in [-0.4, -0.2) is 31.1 Å². The van der Waals surface area contributed by atoms with Crippen molar-refractivity contribution in [1.29, 1.82) is 0 Å². The predicted molar refractivity (Wildman–Crippen MR) is 93.2 cm³/mol. The van der Waals surface area contributed by atoms with E-state index in [0.29, 0.717) is 5.56 Å². The van der Waals surface area contributed by atoms with Crippen LogP contribution >= 0.6 is 0 Å². The SMILES string of the molecule is Cc1cccnc1[C@H](NC(=O)c1cccc(-n2cnnn2)c1)C(C)C. The summed E-state index contributed by atoms with van der Waals surface area (Å²) in [5.41, 5.74) is 3.23. The van der Waals surface area contributed by atoms with E-state index in [1.54, 1.807) is 18.3 Å². The van der Waals surface area contributed by atoms with E-state index in [0.717, 1.165) is 16.9 Å². The second-order valence-electron chi connectivity index (χ2n) is 6.21. The van der Waals surface area contributed by atoms with Gasteiger partial charge in [-0.25, -0.2) is 4.68 Å². The number of carbonyl (C=O) groups is 1.